The minimum Gasteiger partial charge on any atom is -0.487 e. The van der Waals surface area contributed by atoms with Crippen LogP contribution in [0.1, 0.15) is 108 Å². The highest BCUT2D eigenvalue weighted by molar-refractivity contribution is 5.69. The highest BCUT2D eigenvalue weighted by Gasteiger charge is 2.17. The number of nitrogens with zero attached hydrogens (tertiary/aromatic N) is 1. The SMILES string of the molecule is CCCCCCCCCCCCc1ccc(OC(CC)COC(=O)CCC[N+](C)(C)Cc2ccccc2)cc1. The summed E-state index contributed by atoms with van der Waals surface area (Å²) in [6.45, 7) is 6.54. The molecule has 2 aromatic carbocycles. The van der Waals surface area contributed by atoms with Crippen LogP contribution in [0.5, 0.6) is 5.75 Å². The van der Waals surface area contributed by atoms with E-state index >= 15 is 0 Å². The van der Waals surface area contributed by atoms with Crippen LogP contribution in [0.4, 0.5) is 0 Å². The molecule has 0 aliphatic rings. The Morgan fingerprint density at radius 1 is 0.744 bits per heavy atom. The van der Waals surface area contributed by atoms with Gasteiger partial charge >= 0.3 is 5.97 Å². The van der Waals surface area contributed by atoms with Gasteiger partial charge < -0.3 is 14.0 Å². The quantitative estimate of drug-likeness (QED) is 0.0853. The van der Waals surface area contributed by atoms with Gasteiger partial charge in [-0.15, -0.1) is 0 Å². The molecule has 0 saturated heterocycles. The first kappa shape index (κ1) is 32.9. The van der Waals surface area contributed by atoms with Crippen LogP contribution in [0.2, 0.25) is 0 Å². The first-order valence-electron chi connectivity index (χ1n) is 15.7. The zero-order chi connectivity index (χ0) is 28.2. The van der Waals surface area contributed by atoms with Crippen molar-refractivity contribution >= 4 is 5.97 Å². The molecule has 0 radical (unpaired) electrons. The molecule has 4 nitrogen and oxygen atoms in total. The van der Waals surface area contributed by atoms with E-state index in [0.29, 0.717) is 13.0 Å². The number of esters is 1. The van der Waals surface area contributed by atoms with Crippen LogP contribution in [-0.4, -0.2) is 43.8 Å². The van der Waals surface area contributed by atoms with E-state index in [9.17, 15) is 4.79 Å². The maximum absolute atomic E-state index is 12.4. The number of carbonyl (C=O) groups is 1. The van der Waals surface area contributed by atoms with Gasteiger partial charge in [-0.1, -0.05) is 114 Å². The highest BCUT2D eigenvalue weighted by Crippen LogP contribution is 2.18. The van der Waals surface area contributed by atoms with Crippen LogP contribution in [0.15, 0.2) is 54.6 Å². The number of hydrogen-bond donors (Lipinski definition) is 0. The van der Waals surface area contributed by atoms with E-state index in [2.05, 4.69) is 76.5 Å². The Bertz CT molecular complexity index is 879. The van der Waals surface area contributed by atoms with E-state index in [-0.39, 0.29) is 12.1 Å². The summed E-state index contributed by atoms with van der Waals surface area (Å²) in [5, 5.41) is 0. The van der Waals surface area contributed by atoms with Gasteiger partial charge in [0, 0.05) is 12.0 Å². The maximum atomic E-state index is 12.4. The molecule has 2 rings (SSSR count). The average Bonchev–Trinajstić information content (AvgIpc) is 2.93. The maximum Gasteiger partial charge on any atom is 0.306 e. The minimum absolute atomic E-state index is 0.118. The molecule has 0 spiro atoms. The van der Waals surface area contributed by atoms with Crippen LogP contribution < -0.4 is 4.74 Å². The Morgan fingerprint density at radius 3 is 1.97 bits per heavy atom. The van der Waals surface area contributed by atoms with Crippen LogP contribution in [-0.2, 0) is 22.5 Å². The van der Waals surface area contributed by atoms with Gasteiger partial charge in [0.05, 0.1) is 27.1 Å². The van der Waals surface area contributed by atoms with E-state index in [1.165, 1.54) is 75.3 Å². The third kappa shape index (κ3) is 15.8. The Hall–Kier alpha value is -2.33. The number of quaternary nitrogens is 1. The molecular weight excluding hydrogens is 482 g/mol. The molecule has 0 heterocycles. The average molecular weight is 539 g/mol. The molecule has 39 heavy (non-hydrogen) atoms. The Morgan fingerprint density at radius 2 is 1.36 bits per heavy atom. The lowest BCUT2D eigenvalue weighted by Gasteiger charge is -2.29. The molecule has 1 atom stereocenters. The summed E-state index contributed by atoms with van der Waals surface area (Å²) in [4.78, 5) is 12.4. The Balaban J connectivity index is 1.57. The van der Waals surface area contributed by atoms with Gasteiger partial charge in [-0.05, 0) is 37.0 Å². The van der Waals surface area contributed by atoms with Crippen LogP contribution in [0, 0.1) is 0 Å². The summed E-state index contributed by atoms with van der Waals surface area (Å²) in [5.74, 6) is 0.716. The summed E-state index contributed by atoms with van der Waals surface area (Å²) in [7, 11) is 4.42. The van der Waals surface area contributed by atoms with Gasteiger partial charge in [0.2, 0.25) is 0 Å². The molecule has 4 heteroatoms. The molecule has 218 valence electrons. The van der Waals surface area contributed by atoms with E-state index in [1.807, 2.05) is 6.07 Å². The third-order valence-corrected chi connectivity index (χ3v) is 7.53. The molecule has 0 aromatic heterocycles. The largest absolute Gasteiger partial charge is 0.487 e. The smallest absolute Gasteiger partial charge is 0.306 e. The number of aryl methyl sites for hydroxylation is 1. The molecule has 1 unspecified atom stereocenters. The van der Waals surface area contributed by atoms with Crippen molar-refractivity contribution in [1.82, 2.24) is 0 Å². The fourth-order valence-corrected chi connectivity index (χ4v) is 5.05. The number of rotatable bonds is 22. The Kier molecular flexibility index (Phi) is 16.6. The van der Waals surface area contributed by atoms with Gasteiger partial charge in [0.15, 0.2) is 0 Å². The lowest BCUT2D eigenvalue weighted by molar-refractivity contribution is -0.903. The standard InChI is InChI=1S/C35H56NO3/c1-5-7-8-9-10-11-12-13-14-16-20-31-24-26-34(27-25-31)39-33(6-2)30-38-35(37)23-19-28-36(3,4)29-32-21-17-15-18-22-32/h15,17-18,21-22,24-27,33H,5-14,16,19-20,23,28-30H2,1-4H3/q+1. The zero-order valence-corrected chi connectivity index (χ0v) is 25.5. The molecule has 2 aromatic rings. The molecule has 0 aliphatic carbocycles. The summed E-state index contributed by atoms with van der Waals surface area (Å²) >= 11 is 0. The molecule has 0 aliphatic heterocycles. The molecule has 0 bridgehead atoms. The van der Waals surface area contributed by atoms with Crippen molar-refractivity contribution < 1.29 is 18.8 Å². The van der Waals surface area contributed by atoms with Crippen LogP contribution in [0.25, 0.3) is 0 Å². The number of hydrogen-bond acceptors (Lipinski definition) is 3. The normalized spacial score (nSPS) is 12.3. The number of carbonyl (C=O) groups excluding carboxylic acids is 1. The van der Waals surface area contributed by atoms with E-state index in [4.69, 9.17) is 9.47 Å². The topological polar surface area (TPSA) is 35.5 Å². The summed E-state index contributed by atoms with van der Waals surface area (Å²) < 4.78 is 12.5. The van der Waals surface area contributed by atoms with Crippen molar-refractivity contribution in [2.75, 3.05) is 27.2 Å². The number of benzene rings is 2. The van der Waals surface area contributed by atoms with Crippen molar-refractivity contribution in [2.24, 2.45) is 0 Å². The van der Waals surface area contributed by atoms with Crippen LogP contribution >= 0.6 is 0 Å². The van der Waals surface area contributed by atoms with Gasteiger partial charge in [-0.25, -0.2) is 0 Å². The third-order valence-electron chi connectivity index (χ3n) is 7.53. The number of ether oxygens (including phenoxy) is 2. The second kappa shape index (κ2) is 19.7. The zero-order valence-electron chi connectivity index (χ0n) is 25.5. The van der Waals surface area contributed by atoms with Gasteiger partial charge in [0.1, 0.15) is 25.0 Å². The second-order valence-electron chi connectivity index (χ2n) is 11.8. The van der Waals surface area contributed by atoms with Crippen molar-refractivity contribution in [2.45, 2.75) is 116 Å². The fraction of sp³-hybridized carbons (Fsp3) is 0.629. The predicted molar refractivity (Wildman–Crippen MR) is 164 cm³/mol. The number of unbranched alkanes of at least 4 members (excludes halogenated alkanes) is 9. The summed E-state index contributed by atoms with van der Waals surface area (Å²) in [6.07, 6.45) is 16.7. The van der Waals surface area contributed by atoms with Gasteiger partial charge in [-0.2, -0.15) is 0 Å². The Labute approximate surface area is 239 Å². The van der Waals surface area contributed by atoms with E-state index in [0.717, 1.165) is 42.6 Å². The van der Waals surface area contributed by atoms with E-state index in [1.54, 1.807) is 0 Å². The summed E-state index contributed by atoms with van der Waals surface area (Å²) in [5.41, 5.74) is 2.69. The van der Waals surface area contributed by atoms with Crippen molar-refractivity contribution in [3.63, 3.8) is 0 Å². The molecular formula is C35H56NO3+. The molecule has 0 N–H and O–H groups in total. The highest BCUT2D eigenvalue weighted by atomic mass is 16.6. The lowest BCUT2D eigenvalue weighted by Crippen LogP contribution is -2.39. The van der Waals surface area contributed by atoms with Crippen molar-refractivity contribution in [1.29, 1.82) is 0 Å². The van der Waals surface area contributed by atoms with Crippen molar-refractivity contribution in [3.8, 4) is 5.75 Å². The predicted octanol–water partition coefficient (Wildman–Crippen LogP) is 8.91. The van der Waals surface area contributed by atoms with Gasteiger partial charge in [-0.3, -0.25) is 4.79 Å². The first-order valence-corrected chi connectivity index (χ1v) is 15.7. The molecule has 0 saturated carbocycles. The monoisotopic (exact) mass is 538 g/mol. The minimum atomic E-state index is -0.136. The van der Waals surface area contributed by atoms with Crippen molar-refractivity contribution in [3.05, 3.63) is 65.7 Å². The first-order chi connectivity index (χ1) is 18.9. The fourth-order valence-electron chi connectivity index (χ4n) is 5.05. The second-order valence-corrected chi connectivity index (χ2v) is 11.8. The van der Waals surface area contributed by atoms with Crippen LogP contribution in [0.3, 0.4) is 0 Å². The summed E-state index contributed by atoms with van der Waals surface area (Å²) in [6, 6.07) is 19.0. The lowest BCUT2D eigenvalue weighted by atomic mass is 10.0. The van der Waals surface area contributed by atoms with E-state index < -0.39 is 0 Å². The van der Waals surface area contributed by atoms with Gasteiger partial charge in [0.25, 0.3) is 0 Å². The molecule has 0 amide bonds. The molecule has 0 fully saturated rings.